The van der Waals surface area contributed by atoms with Gasteiger partial charge in [-0.1, -0.05) is 19.8 Å². The van der Waals surface area contributed by atoms with Gasteiger partial charge in [-0.3, -0.25) is 0 Å². The van der Waals surface area contributed by atoms with Crippen LogP contribution in [0.25, 0.3) is 0 Å². The Labute approximate surface area is 130 Å². The van der Waals surface area contributed by atoms with Crippen LogP contribution >= 0.6 is 0 Å². The summed E-state index contributed by atoms with van der Waals surface area (Å²) in [7, 11) is -3.26. The van der Waals surface area contributed by atoms with Crippen LogP contribution in [0, 0.1) is 5.92 Å². The molecule has 2 rings (SSSR count). The smallest absolute Gasteiger partial charge is 0.281 e. The molecule has 1 N–H and O–H groups in total. The summed E-state index contributed by atoms with van der Waals surface area (Å²) in [6, 6.07) is 0. The van der Waals surface area contributed by atoms with Gasteiger partial charge in [0.2, 0.25) is 0 Å². The lowest BCUT2D eigenvalue weighted by Gasteiger charge is -2.33. The van der Waals surface area contributed by atoms with E-state index in [1.165, 1.54) is 0 Å². The minimum absolute atomic E-state index is 0.513. The Morgan fingerprint density at radius 2 is 1.71 bits per heavy atom. The number of piperidine rings is 1. The van der Waals surface area contributed by atoms with Gasteiger partial charge in [0.1, 0.15) is 0 Å². The van der Waals surface area contributed by atoms with Gasteiger partial charge in [-0.25, -0.2) is 0 Å². The van der Waals surface area contributed by atoms with Crippen LogP contribution in [0.5, 0.6) is 0 Å². The zero-order chi connectivity index (χ0) is 15.1. The molecular formula is C15H31N3O2S. The van der Waals surface area contributed by atoms with Gasteiger partial charge in [0.25, 0.3) is 10.2 Å². The number of nitrogens with zero attached hydrogens (tertiary/aromatic N) is 2. The third-order valence-corrected chi connectivity index (χ3v) is 6.61. The Bertz CT molecular complexity index is 386. The second kappa shape index (κ2) is 8.46. The summed E-state index contributed by atoms with van der Waals surface area (Å²) < 4.78 is 29.4. The quantitative estimate of drug-likeness (QED) is 0.813. The maximum absolute atomic E-state index is 12.9. The topological polar surface area (TPSA) is 52.7 Å². The molecule has 6 heteroatoms. The summed E-state index contributed by atoms with van der Waals surface area (Å²) in [5.41, 5.74) is 0. The molecular weight excluding hydrogens is 286 g/mol. The Kier molecular flexibility index (Phi) is 6.92. The third-order valence-electron chi connectivity index (χ3n) is 4.61. The van der Waals surface area contributed by atoms with E-state index in [-0.39, 0.29) is 0 Å². The first-order valence-electron chi connectivity index (χ1n) is 8.60. The molecule has 0 amide bonds. The molecule has 21 heavy (non-hydrogen) atoms. The van der Waals surface area contributed by atoms with Crippen molar-refractivity contribution in [3.05, 3.63) is 0 Å². The highest BCUT2D eigenvalue weighted by molar-refractivity contribution is 7.86. The van der Waals surface area contributed by atoms with Crippen molar-refractivity contribution in [3.63, 3.8) is 0 Å². The second-order valence-corrected chi connectivity index (χ2v) is 8.30. The fraction of sp³-hybridized carbons (Fsp3) is 1.00. The molecule has 0 spiro atoms. The van der Waals surface area contributed by atoms with E-state index in [9.17, 15) is 8.42 Å². The predicted octanol–water partition coefficient (Wildman–Crippen LogP) is 1.82. The molecule has 0 aromatic heterocycles. The zero-order valence-corrected chi connectivity index (χ0v) is 14.2. The molecule has 0 atom stereocenters. The lowest BCUT2D eigenvalue weighted by molar-refractivity contribution is 0.269. The summed E-state index contributed by atoms with van der Waals surface area (Å²) >= 11 is 0. The molecule has 2 heterocycles. The first-order chi connectivity index (χ1) is 10.1. The molecule has 5 nitrogen and oxygen atoms in total. The van der Waals surface area contributed by atoms with Crippen molar-refractivity contribution in [3.8, 4) is 0 Å². The highest BCUT2D eigenvalue weighted by Crippen LogP contribution is 2.20. The first-order valence-corrected chi connectivity index (χ1v) is 10.00. The highest BCUT2D eigenvalue weighted by atomic mass is 32.2. The number of nitrogens with one attached hydrogen (secondary N) is 1. The molecule has 0 radical (unpaired) electrons. The van der Waals surface area contributed by atoms with Gasteiger partial charge in [-0.2, -0.15) is 17.0 Å². The molecule has 0 aromatic rings. The molecule has 124 valence electrons. The summed E-state index contributed by atoms with van der Waals surface area (Å²) in [6.07, 6.45) is 7.41. The summed E-state index contributed by atoms with van der Waals surface area (Å²) in [4.78, 5) is 0. The summed E-state index contributed by atoms with van der Waals surface area (Å²) in [5.74, 6) is 0.513. The van der Waals surface area contributed by atoms with Gasteiger partial charge >= 0.3 is 0 Å². The van der Waals surface area contributed by atoms with E-state index >= 15 is 0 Å². The monoisotopic (exact) mass is 317 g/mol. The molecule has 0 aromatic carbocycles. The number of hydrogen-bond donors (Lipinski definition) is 1. The average Bonchev–Trinajstić information content (AvgIpc) is 2.77. The fourth-order valence-electron chi connectivity index (χ4n) is 3.34. The van der Waals surface area contributed by atoms with Gasteiger partial charge in [0, 0.05) is 26.2 Å². The Hall–Kier alpha value is -0.170. The van der Waals surface area contributed by atoms with Crippen molar-refractivity contribution in [2.24, 2.45) is 5.92 Å². The minimum atomic E-state index is -3.26. The molecule has 2 aliphatic rings. The maximum Gasteiger partial charge on any atom is 0.281 e. The van der Waals surface area contributed by atoms with E-state index < -0.39 is 10.2 Å². The molecule has 0 bridgehead atoms. The number of rotatable bonds is 6. The molecule has 2 aliphatic heterocycles. The average molecular weight is 317 g/mol. The van der Waals surface area contributed by atoms with Crippen LogP contribution in [-0.4, -0.2) is 56.3 Å². The lowest BCUT2D eigenvalue weighted by Crippen LogP contribution is -2.47. The zero-order valence-electron chi connectivity index (χ0n) is 13.4. The van der Waals surface area contributed by atoms with Crippen LogP contribution in [0.2, 0.25) is 0 Å². The van der Waals surface area contributed by atoms with Crippen LogP contribution in [0.3, 0.4) is 0 Å². The maximum atomic E-state index is 12.9. The highest BCUT2D eigenvalue weighted by Gasteiger charge is 2.31. The second-order valence-electron chi connectivity index (χ2n) is 6.37. The van der Waals surface area contributed by atoms with E-state index in [1.54, 1.807) is 8.61 Å². The number of hydrogen-bond acceptors (Lipinski definition) is 3. The Morgan fingerprint density at radius 3 is 2.29 bits per heavy atom. The van der Waals surface area contributed by atoms with E-state index in [0.717, 1.165) is 58.0 Å². The van der Waals surface area contributed by atoms with Gasteiger partial charge in [0.05, 0.1) is 0 Å². The normalized spacial score (nSPS) is 23.3. The minimum Gasteiger partial charge on any atom is -0.317 e. The van der Waals surface area contributed by atoms with Crippen LogP contribution in [0.1, 0.15) is 51.9 Å². The van der Waals surface area contributed by atoms with Crippen molar-refractivity contribution < 1.29 is 8.42 Å². The third kappa shape index (κ3) is 4.91. The molecule has 0 saturated carbocycles. The molecule has 2 saturated heterocycles. The summed E-state index contributed by atoms with van der Waals surface area (Å²) in [5, 5.41) is 3.35. The standard InChI is InChI=1S/C15H31N3O2S/c1-2-11-18(14-15-7-9-16-10-8-15)21(19,20)17-12-5-3-4-6-13-17/h15-16H,2-14H2,1H3. The van der Waals surface area contributed by atoms with Crippen molar-refractivity contribution in [2.45, 2.75) is 51.9 Å². The van der Waals surface area contributed by atoms with Gasteiger partial charge < -0.3 is 5.32 Å². The van der Waals surface area contributed by atoms with Crippen LogP contribution in [0.15, 0.2) is 0 Å². The van der Waals surface area contributed by atoms with E-state index in [1.807, 2.05) is 0 Å². The Balaban J connectivity index is 2.03. The predicted molar refractivity (Wildman–Crippen MR) is 86.4 cm³/mol. The molecule has 2 fully saturated rings. The van der Waals surface area contributed by atoms with Crippen LogP contribution in [-0.2, 0) is 10.2 Å². The van der Waals surface area contributed by atoms with E-state index in [2.05, 4.69) is 12.2 Å². The van der Waals surface area contributed by atoms with Crippen molar-refractivity contribution in [1.29, 1.82) is 0 Å². The van der Waals surface area contributed by atoms with Gasteiger partial charge in [0.15, 0.2) is 0 Å². The van der Waals surface area contributed by atoms with Crippen LogP contribution < -0.4 is 5.32 Å². The van der Waals surface area contributed by atoms with Gasteiger partial charge in [-0.15, -0.1) is 0 Å². The Morgan fingerprint density at radius 1 is 1.10 bits per heavy atom. The van der Waals surface area contributed by atoms with Crippen molar-refractivity contribution >= 4 is 10.2 Å². The molecule has 0 unspecified atom stereocenters. The largest absolute Gasteiger partial charge is 0.317 e. The van der Waals surface area contributed by atoms with E-state index in [0.29, 0.717) is 32.1 Å². The van der Waals surface area contributed by atoms with E-state index in [4.69, 9.17) is 0 Å². The van der Waals surface area contributed by atoms with Crippen molar-refractivity contribution in [1.82, 2.24) is 13.9 Å². The van der Waals surface area contributed by atoms with Crippen molar-refractivity contribution in [2.75, 3.05) is 39.3 Å². The lowest BCUT2D eigenvalue weighted by atomic mass is 9.98. The fourth-order valence-corrected chi connectivity index (χ4v) is 5.20. The van der Waals surface area contributed by atoms with Gasteiger partial charge in [-0.05, 0) is 51.1 Å². The molecule has 0 aliphatic carbocycles. The first kappa shape index (κ1) is 17.2. The van der Waals surface area contributed by atoms with Crippen LogP contribution in [0.4, 0.5) is 0 Å². The SMILES string of the molecule is CCCN(CC1CCNCC1)S(=O)(=O)N1CCCCCC1. The summed E-state index contributed by atoms with van der Waals surface area (Å²) in [6.45, 7) is 6.87.